The quantitative estimate of drug-likeness (QED) is 0.327. The number of sulfonamides is 1. The number of fused-ring (bicyclic) bond motifs is 1. The minimum atomic E-state index is -3.89. The number of benzene rings is 2. The van der Waals surface area contributed by atoms with Gasteiger partial charge in [0, 0.05) is 29.4 Å². The normalized spacial score (nSPS) is 12.2. The maximum absolute atomic E-state index is 13.1. The van der Waals surface area contributed by atoms with E-state index < -0.39 is 16.1 Å². The summed E-state index contributed by atoms with van der Waals surface area (Å²) in [7, 11) is -2.37. The van der Waals surface area contributed by atoms with Gasteiger partial charge in [0.15, 0.2) is 0 Å². The first kappa shape index (κ1) is 23.1. The first-order valence-corrected chi connectivity index (χ1v) is 12.4. The van der Waals surface area contributed by atoms with Gasteiger partial charge in [0.25, 0.3) is 10.0 Å². The molecule has 0 radical (unpaired) electrons. The second-order valence-corrected chi connectivity index (χ2v) is 9.64. The van der Waals surface area contributed by atoms with E-state index in [2.05, 4.69) is 30.8 Å². The van der Waals surface area contributed by atoms with Gasteiger partial charge in [-0.2, -0.15) is 10.4 Å². The second-order valence-electron chi connectivity index (χ2n) is 7.96. The number of aromatic amines is 1. The highest BCUT2D eigenvalue weighted by molar-refractivity contribution is 7.92. The van der Waals surface area contributed by atoms with Crippen LogP contribution in [0.5, 0.6) is 5.75 Å². The zero-order valence-electron chi connectivity index (χ0n) is 19.2. The molecule has 3 aromatic heterocycles. The number of ether oxygens (including phenoxy) is 1. The zero-order valence-corrected chi connectivity index (χ0v) is 20.0. The molecule has 11 heteroatoms. The molecule has 1 unspecified atom stereocenters. The number of anilines is 1. The Hall–Kier alpha value is -4.69. The Balaban J connectivity index is 1.47. The van der Waals surface area contributed by atoms with E-state index in [1.807, 2.05) is 6.07 Å². The fourth-order valence-electron chi connectivity index (χ4n) is 3.97. The van der Waals surface area contributed by atoms with Crippen molar-refractivity contribution in [1.29, 1.82) is 5.26 Å². The number of nitrogens with one attached hydrogen (secondary N) is 2. The predicted molar refractivity (Wildman–Crippen MR) is 134 cm³/mol. The van der Waals surface area contributed by atoms with Crippen molar-refractivity contribution in [3.63, 3.8) is 0 Å². The molecule has 36 heavy (non-hydrogen) atoms. The molecule has 1 atom stereocenters. The summed E-state index contributed by atoms with van der Waals surface area (Å²) in [5.41, 5.74) is 3.19. The van der Waals surface area contributed by atoms with Crippen LogP contribution < -0.4 is 9.46 Å². The van der Waals surface area contributed by atoms with Crippen LogP contribution in [-0.4, -0.2) is 40.3 Å². The molecule has 0 saturated heterocycles. The lowest BCUT2D eigenvalue weighted by atomic mass is 10.0. The van der Waals surface area contributed by atoms with Crippen molar-refractivity contribution in [3.05, 3.63) is 85.1 Å². The smallest absolute Gasteiger partial charge is 0.261 e. The molecule has 0 aliphatic heterocycles. The van der Waals surface area contributed by atoms with E-state index in [1.54, 1.807) is 65.7 Å². The number of nitrogens with zero attached hydrogens (tertiary/aromatic N) is 5. The van der Waals surface area contributed by atoms with Gasteiger partial charge in [0.2, 0.25) is 0 Å². The van der Waals surface area contributed by atoms with Crippen molar-refractivity contribution in [2.45, 2.75) is 17.4 Å². The van der Waals surface area contributed by atoms with Gasteiger partial charge in [0.1, 0.15) is 17.7 Å². The third kappa shape index (κ3) is 4.49. The topological polar surface area (TPSA) is 139 Å². The number of nitriles is 1. The van der Waals surface area contributed by atoms with Gasteiger partial charge in [-0.1, -0.05) is 18.2 Å². The molecular weight excluding hydrogens is 478 g/mol. The van der Waals surface area contributed by atoms with E-state index in [1.165, 1.54) is 19.5 Å². The molecule has 2 aromatic carbocycles. The lowest BCUT2D eigenvalue weighted by Gasteiger charge is -2.16. The molecule has 0 amide bonds. The van der Waals surface area contributed by atoms with E-state index in [0.717, 1.165) is 10.9 Å². The Kier molecular flexibility index (Phi) is 6.10. The van der Waals surface area contributed by atoms with Gasteiger partial charge in [-0.15, -0.1) is 0 Å². The van der Waals surface area contributed by atoms with Crippen molar-refractivity contribution < 1.29 is 13.2 Å². The molecule has 3 heterocycles. The van der Waals surface area contributed by atoms with Gasteiger partial charge in [-0.3, -0.25) is 9.40 Å². The molecule has 0 aliphatic carbocycles. The summed E-state index contributed by atoms with van der Waals surface area (Å²) in [5, 5.41) is 14.8. The van der Waals surface area contributed by atoms with Crippen LogP contribution in [0.4, 0.5) is 5.69 Å². The maximum atomic E-state index is 13.1. The molecule has 10 nitrogen and oxygen atoms in total. The average Bonchev–Trinajstić information content (AvgIpc) is 3.57. The van der Waals surface area contributed by atoms with Gasteiger partial charge in [0.05, 0.1) is 48.1 Å². The van der Waals surface area contributed by atoms with Gasteiger partial charge in [-0.25, -0.2) is 18.4 Å². The SMILES string of the molecule is COc1cccc(NS(=O)(=O)c2cccc(C(CC#N)n3cc(-c4ncnc5[nH]ccc45)cn3)c2)c1. The molecule has 0 spiro atoms. The number of hydrogen-bond acceptors (Lipinski definition) is 7. The van der Waals surface area contributed by atoms with Crippen LogP contribution in [0.3, 0.4) is 0 Å². The van der Waals surface area contributed by atoms with Crippen LogP contribution in [-0.2, 0) is 10.0 Å². The molecule has 2 N–H and O–H groups in total. The molecule has 0 saturated carbocycles. The molecule has 5 rings (SSSR count). The first-order chi connectivity index (χ1) is 17.5. The predicted octanol–water partition coefficient (Wildman–Crippen LogP) is 4.13. The fourth-order valence-corrected chi connectivity index (χ4v) is 5.08. The summed E-state index contributed by atoms with van der Waals surface area (Å²) < 4.78 is 35.6. The van der Waals surface area contributed by atoms with Crippen molar-refractivity contribution in [1.82, 2.24) is 24.7 Å². The molecule has 0 fully saturated rings. The molecule has 180 valence electrons. The molecule has 0 bridgehead atoms. The summed E-state index contributed by atoms with van der Waals surface area (Å²) >= 11 is 0. The molecular formula is C25H21N7O3S. The summed E-state index contributed by atoms with van der Waals surface area (Å²) in [6.07, 6.45) is 6.83. The van der Waals surface area contributed by atoms with Crippen molar-refractivity contribution in [2.75, 3.05) is 11.8 Å². The Labute approximate surface area is 207 Å². The molecule has 0 aliphatic rings. The summed E-state index contributed by atoms with van der Waals surface area (Å²) in [5.74, 6) is 0.535. The van der Waals surface area contributed by atoms with Crippen LogP contribution in [0.1, 0.15) is 18.0 Å². The highest BCUT2D eigenvalue weighted by atomic mass is 32.2. The summed E-state index contributed by atoms with van der Waals surface area (Å²) in [6.45, 7) is 0. The lowest BCUT2D eigenvalue weighted by Crippen LogP contribution is -2.15. The minimum Gasteiger partial charge on any atom is -0.497 e. The zero-order chi connectivity index (χ0) is 25.1. The summed E-state index contributed by atoms with van der Waals surface area (Å²) in [4.78, 5) is 11.7. The van der Waals surface area contributed by atoms with E-state index in [9.17, 15) is 13.7 Å². The largest absolute Gasteiger partial charge is 0.497 e. The maximum Gasteiger partial charge on any atom is 0.261 e. The monoisotopic (exact) mass is 499 g/mol. The Morgan fingerprint density at radius 3 is 2.86 bits per heavy atom. The standard InChI is InChI=1S/C25H21N7O3S/c1-35-20-6-3-5-19(13-20)31-36(33,34)21-7-2-4-17(12-21)23(8-10-26)32-15-18(14-30-32)24-22-9-11-27-25(22)29-16-28-24/h2-7,9,11-16,23,31H,8H2,1H3,(H,27,28,29). The van der Waals surface area contributed by atoms with E-state index >= 15 is 0 Å². The highest BCUT2D eigenvalue weighted by Crippen LogP contribution is 2.29. The molecule has 5 aromatic rings. The van der Waals surface area contributed by atoms with Crippen molar-refractivity contribution in [3.8, 4) is 23.1 Å². The minimum absolute atomic E-state index is 0.0722. The third-order valence-electron chi connectivity index (χ3n) is 5.71. The van der Waals surface area contributed by atoms with Crippen LogP contribution >= 0.6 is 0 Å². The van der Waals surface area contributed by atoms with Crippen LogP contribution in [0, 0.1) is 11.3 Å². The van der Waals surface area contributed by atoms with Crippen LogP contribution in [0.15, 0.2) is 84.4 Å². The van der Waals surface area contributed by atoms with Gasteiger partial charge < -0.3 is 9.72 Å². The van der Waals surface area contributed by atoms with Crippen LogP contribution in [0.2, 0.25) is 0 Å². The Bertz CT molecular complexity index is 1690. The number of aromatic nitrogens is 5. The third-order valence-corrected chi connectivity index (χ3v) is 7.09. The van der Waals surface area contributed by atoms with Gasteiger partial charge >= 0.3 is 0 Å². The van der Waals surface area contributed by atoms with E-state index in [0.29, 0.717) is 28.3 Å². The number of hydrogen-bond donors (Lipinski definition) is 2. The first-order valence-electron chi connectivity index (χ1n) is 10.9. The highest BCUT2D eigenvalue weighted by Gasteiger charge is 2.21. The number of methoxy groups -OCH3 is 1. The summed E-state index contributed by atoms with van der Waals surface area (Å²) in [6, 6.07) is 16.7. The Morgan fingerprint density at radius 1 is 1.17 bits per heavy atom. The van der Waals surface area contributed by atoms with Crippen LogP contribution in [0.25, 0.3) is 22.3 Å². The van der Waals surface area contributed by atoms with Crippen molar-refractivity contribution in [2.24, 2.45) is 0 Å². The fraction of sp³-hybridized carbons (Fsp3) is 0.120. The lowest BCUT2D eigenvalue weighted by molar-refractivity contribution is 0.415. The van der Waals surface area contributed by atoms with Crippen molar-refractivity contribution >= 4 is 26.7 Å². The van der Waals surface area contributed by atoms with E-state index in [-0.39, 0.29) is 11.3 Å². The second kappa shape index (κ2) is 9.52. The van der Waals surface area contributed by atoms with E-state index in [4.69, 9.17) is 4.74 Å². The number of H-pyrrole nitrogens is 1. The van der Waals surface area contributed by atoms with Gasteiger partial charge in [-0.05, 0) is 35.9 Å². The average molecular weight is 500 g/mol. The Morgan fingerprint density at radius 2 is 2.03 bits per heavy atom. The number of rotatable bonds is 8.